The first kappa shape index (κ1) is 11.7. The molecular formula is C10H7FN2O3. The van der Waals surface area contributed by atoms with Crippen LogP contribution in [0.15, 0.2) is 24.3 Å². The number of benzene rings is 1. The van der Waals surface area contributed by atoms with Crippen LogP contribution in [0.5, 0.6) is 0 Å². The summed E-state index contributed by atoms with van der Waals surface area (Å²) in [5.41, 5.74) is 7.27. The van der Waals surface area contributed by atoms with Crippen molar-refractivity contribution < 1.29 is 23.5 Å². The van der Waals surface area contributed by atoms with Crippen molar-refractivity contribution in [1.29, 1.82) is 0 Å². The van der Waals surface area contributed by atoms with Gasteiger partial charge in [-0.15, -0.1) is 0 Å². The summed E-state index contributed by atoms with van der Waals surface area (Å²) in [6.07, 6.45) is 0. The molecular weight excluding hydrogens is 215 g/mol. The Morgan fingerprint density at radius 2 is 2.00 bits per heavy atom. The van der Waals surface area contributed by atoms with E-state index in [9.17, 15) is 14.0 Å². The lowest BCUT2D eigenvalue weighted by molar-refractivity contribution is -0.137. The average molecular weight is 222 g/mol. The van der Waals surface area contributed by atoms with Gasteiger partial charge in [0, 0.05) is 0 Å². The number of methoxy groups -OCH3 is 1. The molecule has 16 heavy (non-hydrogen) atoms. The van der Waals surface area contributed by atoms with Gasteiger partial charge in [-0.2, -0.15) is 4.79 Å². The molecule has 0 saturated heterocycles. The molecule has 0 saturated carbocycles. The molecule has 0 N–H and O–H groups in total. The lowest BCUT2D eigenvalue weighted by Gasteiger charge is -1.97. The molecule has 0 atom stereocenters. The molecule has 0 aliphatic heterocycles. The Hall–Kier alpha value is -2.33. The molecule has 0 bridgehead atoms. The van der Waals surface area contributed by atoms with Crippen LogP contribution in [0.25, 0.3) is 5.53 Å². The van der Waals surface area contributed by atoms with Crippen LogP contribution in [0.3, 0.4) is 0 Å². The second-order valence-electron chi connectivity index (χ2n) is 2.75. The predicted octanol–water partition coefficient (Wildman–Crippen LogP) is 0.852. The molecule has 0 aliphatic carbocycles. The molecule has 82 valence electrons. The molecule has 1 aromatic carbocycles. The van der Waals surface area contributed by atoms with E-state index in [1.54, 1.807) is 0 Å². The van der Waals surface area contributed by atoms with Crippen LogP contribution in [-0.4, -0.2) is 29.4 Å². The van der Waals surface area contributed by atoms with Crippen LogP contribution in [0.2, 0.25) is 0 Å². The predicted molar refractivity (Wildman–Crippen MR) is 51.4 cm³/mol. The molecule has 0 heterocycles. The second kappa shape index (κ2) is 4.95. The van der Waals surface area contributed by atoms with Crippen molar-refractivity contribution in [2.24, 2.45) is 0 Å². The molecule has 0 amide bonds. The number of nitrogens with zero attached hydrogens (tertiary/aromatic N) is 2. The Morgan fingerprint density at radius 3 is 2.50 bits per heavy atom. The van der Waals surface area contributed by atoms with Crippen molar-refractivity contribution in [3.63, 3.8) is 0 Å². The highest BCUT2D eigenvalue weighted by Crippen LogP contribution is 2.07. The first-order valence-electron chi connectivity index (χ1n) is 4.21. The maximum atomic E-state index is 13.2. The number of Topliss-reactive ketones (excluding diaryl/α,β-unsaturated/α-hetero) is 1. The van der Waals surface area contributed by atoms with Crippen LogP contribution in [0.4, 0.5) is 4.39 Å². The monoisotopic (exact) mass is 222 g/mol. The van der Waals surface area contributed by atoms with E-state index < -0.39 is 23.3 Å². The molecule has 1 rings (SSSR count). The molecule has 0 spiro atoms. The van der Waals surface area contributed by atoms with Crippen LogP contribution in [-0.2, 0) is 9.53 Å². The molecule has 0 aromatic heterocycles. The van der Waals surface area contributed by atoms with E-state index in [0.717, 1.165) is 13.2 Å². The Bertz CT molecular complexity index is 493. The minimum atomic E-state index is -1.13. The summed E-state index contributed by atoms with van der Waals surface area (Å²) in [5, 5.41) is 0. The Balaban J connectivity index is 3.17. The van der Waals surface area contributed by atoms with Gasteiger partial charge in [-0.3, -0.25) is 4.79 Å². The summed E-state index contributed by atoms with van der Waals surface area (Å²) in [7, 11) is 1.02. The van der Waals surface area contributed by atoms with Crippen molar-refractivity contribution in [2.75, 3.05) is 7.11 Å². The number of rotatable bonds is 3. The minimum Gasteiger partial charge on any atom is -0.460 e. The fraction of sp³-hybridized carbons (Fsp3) is 0.100. The molecule has 6 heteroatoms. The third kappa shape index (κ3) is 2.18. The number of ether oxygens (including phenoxy) is 1. The van der Waals surface area contributed by atoms with Crippen molar-refractivity contribution in [1.82, 2.24) is 0 Å². The Kier molecular flexibility index (Phi) is 3.63. The maximum absolute atomic E-state index is 13.2. The summed E-state index contributed by atoms with van der Waals surface area (Å²) in [4.78, 5) is 25.1. The Labute approximate surface area is 90.1 Å². The van der Waals surface area contributed by atoms with E-state index in [0.29, 0.717) is 0 Å². The van der Waals surface area contributed by atoms with Crippen molar-refractivity contribution in [2.45, 2.75) is 0 Å². The number of hydrogen-bond acceptors (Lipinski definition) is 3. The van der Waals surface area contributed by atoms with Gasteiger partial charge in [0.2, 0.25) is 0 Å². The van der Waals surface area contributed by atoms with Crippen molar-refractivity contribution in [3.8, 4) is 0 Å². The number of halogens is 1. The van der Waals surface area contributed by atoms with Gasteiger partial charge < -0.3 is 10.3 Å². The molecule has 1 aromatic rings. The number of ketones is 1. The van der Waals surface area contributed by atoms with E-state index in [1.807, 2.05) is 0 Å². The highest BCUT2D eigenvalue weighted by atomic mass is 19.1. The van der Waals surface area contributed by atoms with Crippen molar-refractivity contribution in [3.05, 3.63) is 41.2 Å². The normalized spacial score (nSPS) is 9.12. The summed E-state index contributed by atoms with van der Waals surface area (Å²) < 4.78 is 17.4. The number of esters is 1. The summed E-state index contributed by atoms with van der Waals surface area (Å²) in [6, 6.07) is 5.04. The number of carbonyl (C=O) groups is 2. The largest absolute Gasteiger partial charge is 0.460 e. The van der Waals surface area contributed by atoms with Gasteiger partial charge in [-0.25, -0.2) is 9.18 Å². The van der Waals surface area contributed by atoms with Crippen LogP contribution in [0, 0.1) is 5.82 Å². The van der Waals surface area contributed by atoms with Gasteiger partial charge in [-0.05, 0) is 12.1 Å². The molecule has 0 radical (unpaired) electrons. The van der Waals surface area contributed by atoms with Crippen LogP contribution in [0.1, 0.15) is 10.4 Å². The summed E-state index contributed by atoms with van der Waals surface area (Å²) in [6.45, 7) is 0. The first-order valence-corrected chi connectivity index (χ1v) is 4.21. The smallest absolute Gasteiger partial charge is 0.446 e. The van der Waals surface area contributed by atoms with Crippen molar-refractivity contribution >= 4 is 17.5 Å². The maximum Gasteiger partial charge on any atom is 0.446 e. The minimum absolute atomic E-state index is 0.360. The van der Waals surface area contributed by atoms with E-state index >= 15 is 0 Å². The zero-order chi connectivity index (χ0) is 12.1. The standard InChI is InChI=1S/C10H7FN2O3/c1-16-10(15)8(13-12)9(14)6-4-2-3-5-7(6)11/h2-5H,1H3. The van der Waals surface area contributed by atoms with Crippen LogP contribution >= 0.6 is 0 Å². The molecule has 0 aliphatic rings. The zero-order valence-corrected chi connectivity index (χ0v) is 8.31. The summed E-state index contributed by atoms with van der Waals surface area (Å²) in [5.74, 6) is -2.97. The number of carbonyl (C=O) groups excluding carboxylic acids is 2. The van der Waals surface area contributed by atoms with E-state index in [4.69, 9.17) is 5.53 Å². The zero-order valence-electron chi connectivity index (χ0n) is 8.31. The lowest BCUT2D eigenvalue weighted by atomic mass is 10.1. The lowest BCUT2D eigenvalue weighted by Crippen LogP contribution is -2.27. The fourth-order valence-corrected chi connectivity index (χ4v) is 1.05. The third-order valence-corrected chi connectivity index (χ3v) is 1.81. The highest BCUT2D eigenvalue weighted by Gasteiger charge is 2.33. The highest BCUT2D eigenvalue weighted by molar-refractivity contribution is 6.65. The molecule has 0 unspecified atom stereocenters. The topological polar surface area (TPSA) is 79.8 Å². The van der Waals surface area contributed by atoms with Gasteiger partial charge in [-0.1, -0.05) is 12.1 Å². The van der Waals surface area contributed by atoms with E-state index in [2.05, 4.69) is 9.53 Å². The SMILES string of the molecule is COC(=O)C(=[N+]=[N-])C(=O)c1ccccc1F. The molecule has 5 nitrogen and oxygen atoms in total. The van der Waals surface area contributed by atoms with E-state index in [1.165, 1.54) is 18.2 Å². The third-order valence-electron chi connectivity index (χ3n) is 1.81. The fourth-order valence-electron chi connectivity index (χ4n) is 1.05. The van der Waals surface area contributed by atoms with Gasteiger partial charge >= 0.3 is 11.7 Å². The Morgan fingerprint density at radius 1 is 1.38 bits per heavy atom. The first-order chi connectivity index (χ1) is 7.61. The van der Waals surface area contributed by atoms with E-state index in [-0.39, 0.29) is 5.56 Å². The molecule has 0 fully saturated rings. The van der Waals surface area contributed by atoms with Gasteiger partial charge in [0.25, 0.3) is 5.78 Å². The van der Waals surface area contributed by atoms with Gasteiger partial charge in [0.1, 0.15) is 5.82 Å². The average Bonchev–Trinajstić information content (AvgIpc) is 2.30. The van der Waals surface area contributed by atoms with Gasteiger partial charge in [0.05, 0.1) is 12.7 Å². The quantitative estimate of drug-likeness (QED) is 0.190. The summed E-state index contributed by atoms with van der Waals surface area (Å²) >= 11 is 0. The van der Waals surface area contributed by atoms with Crippen LogP contribution < -0.4 is 0 Å². The second-order valence-corrected chi connectivity index (χ2v) is 2.75. The van der Waals surface area contributed by atoms with Gasteiger partial charge in [0.15, 0.2) is 0 Å². The number of hydrogen-bond donors (Lipinski definition) is 0.